The van der Waals surface area contributed by atoms with Crippen LogP contribution in [0.4, 0.5) is 0 Å². The Morgan fingerprint density at radius 1 is 1.44 bits per heavy atom. The van der Waals surface area contributed by atoms with Crippen molar-refractivity contribution < 1.29 is 4.79 Å². The molecule has 0 aliphatic carbocycles. The predicted octanol–water partition coefficient (Wildman–Crippen LogP) is 0.970. The number of halogens is 1. The van der Waals surface area contributed by atoms with Gasteiger partial charge in [0.25, 0.3) is 5.91 Å². The van der Waals surface area contributed by atoms with Crippen LogP contribution in [0.5, 0.6) is 0 Å². The van der Waals surface area contributed by atoms with Gasteiger partial charge in [0.15, 0.2) is 0 Å². The van der Waals surface area contributed by atoms with Gasteiger partial charge in [-0.1, -0.05) is 0 Å². The van der Waals surface area contributed by atoms with Crippen LogP contribution in [0.15, 0.2) is 18.6 Å². The predicted molar refractivity (Wildman–Crippen MR) is 71.8 cm³/mol. The number of carbonyl (C=O) groups excluding carboxylic acids is 1. The van der Waals surface area contributed by atoms with Gasteiger partial charge in [0.05, 0.1) is 6.20 Å². The summed E-state index contributed by atoms with van der Waals surface area (Å²) in [5.74, 6) is 0.554. The first-order chi connectivity index (χ1) is 8.27. The zero-order chi connectivity index (χ0) is 12.1. The van der Waals surface area contributed by atoms with Gasteiger partial charge in [-0.2, -0.15) is 0 Å². The second kappa shape index (κ2) is 7.28. The molecule has 2 heterocycles. The molecule has 1 amide bonds. The van der Waals surface area contributed by atoms with Crippen molar-refractivity contribution in [1.82, 2.24) is 20.2 Å². The third kappa shape index (κ3) is 3.92. The fourth-order valence-corrected chi connectivity index (χ4v) is 2.14. The maximum absolute atomic E-state index is 12.0. The molecule has 1 aromatic rings. The maximum Gasteiger partial charge on any atom is 0.273 e. The highest BCUT2D eigenvalue weighted by Crippen LogP contribution is 2.13. The fourth-order valence-electron chi connectivity index (χ4n) is 2.14. The highest BCUT2D eigenvalue weighted by Gasteiger charge is 2.19. The molecule has 0 saturated carbocycles. The van der Waals surface area contributed by atoms with Crippen molar-refractivity contribution in [2.45, 2.75) is 12.8 Å². The highest BCUT2D eigenvalue weighted by atomic mass is 35.5. The Kier molecular flexibility index (Phi) is 6.01. The van der Waals surface area contributed by atoms with Crippen LogP contribution in [0, 0.1) is 5.92 Å². The number of hydrogen-bond donors (Lipinski definition) is 1. The minimum atomic E-state index is -0.0448. The molecule has 2 rings (SSSR count). The summed E-state index contributed by atoms with van der Waals surface area (Å²) < 4.78 is 0. The fraction of sp³-hybridized carbons (Fsp3) is 0.583. The zero-order valence-corrected chi connectivity index (χ0v) is 11.3. The molecule has 18 heavy (non-hydrogen) atoms. The minimum absolute atomic E-state index is 0. The molecule has 0 spiro atoms. The monoisotopic (exact) mass is 270 g/mol. The largest absolute Gasteiger partial charge is 0.340 e. The summed E-state index contributed by atoms with van der Waals surface area (Å²) in [5.41, 5.74) is 0.420. The van der Waals surface area contributed by atoms with E-state index in [1.165, 1.54) is 6.20 Å². The average molecular weight is 271 g/mol. The molecule has 1 N–H and O–H groups in total. The number of aromatic nitrogens is 2. The summed E-state index contributed by atoms with van der Waals surface area (Å²) in [7, 11) is 1.83. The lowest BCUT2D eigenvalue weighted by molar-refractivity contribution is 0.0756. The van der Waals surface area contributed by atoms with Gasteiger partial charge < -0.3 is 10.2 Å². The van der Waals surface area contributed by atoms with Crippen LogP contribution in [-0.4, -0.2) is 47.5 Å². The molecule has 6 heteroatoms. The van der Waals surface area contributed by atoms with Crippen LogP contribution in [0.3, 0.4) is 0 Å². The summed E-state index contributed by atoms with van der Waals surface area (Å²) in [4.78, 5) is 21.7. The maximum atomic E-state index is 12.0. The van der Waals surface area contributed by atoms with E-state index in [1.807, 2.05) is 7.05 Å². The minimum Gasteiger partial charge on any atom is -0.340 e. The first-order valence-electron chi connectivity index (χ1n) is 5.99. The standard InChI is InChI=1S/C12H18N4O.ClH/c1-16(9-10-2-4-13-5-3-10)12(17)11-8-14-6-7-15-11;/h6-8,10,13H,2-5,9H2,1H3;1H. The van der Waals surface area contributed by atoms with E-state index in [0.29, 0.717) is 11.6 Å². The van der Waals surface area contributed by atoms with Crippen molar-refractivity contribution in [2.75, 3.05) is 26.7 Å². The van der Waals surface area contributed by atoms with Gasteiger partial charge in [-0.25, -0.2) is 4.98 Å². The van der Waals surface area contributed by atoms with Crippen molar-refractivity contribution in [3.05, 3.63) is 24.3 Å². The Bertz CT molecular complexity index is 368. The summed E-state index contributed by atoms with van der Waals surface area (Å²) in [6, 6.07) is 0. The van der Waals surface area contributed by atoms with Gasteiger partial charge in [-0.05, 0) is 31.8 Å². The quantitative estimate of drug-likeness (QED) is 0.889. The average Bonchev–Trinajstić information content (AvgIpc) is 2.40. The summed E-state index contributed by atoms with van der Waals surface area (Å²) in [6.07, 6.45) is 6.91. The van der Waals surface area contributed by atoms with Crippen LogP contribution in [0.25, 0.3) is 0 Å². The first-order valence-corrected chi connectivity index (χ1v) is 5.99. The van der Waals surface area contributed by atoms with Gasteiger partial charge >= 0.3 is 0 Å². The number of rotatable bonds is 3. The number of nitrogens with one attached hydrogen (secondary N) is 1. The molecule has 0 aromatic carbocycles. The van der Waals surface area contributed by atoms with Crippen LogP contribution >= 0.6 is 12.4 Å². The molecule has 1 aliphatic rings. The Balaban J connectivity index is 0.00000162. The number of amides is 1. The van der Waals surface area contributed by atoms with Gasteiger partial charge in [0, 0.05) is 26.0 Å². The highest BCUT2D eigenvalue weighted by molar-refractivity contribution is 5.91. The van der Waals surface area contributed by atoms with Crippen LogP contribution in [-0.2, 0) is 0 Å². The second-order valence-electron chi connectivity index (χ2n) is 4.47. The Morgan fingerprint density at radius 2 is 2.17 bits per heavy atom. The van der Waals surface area contributed by atoms with Crippen LogP contribution < -0.4 is 5.32 Å². The lowest BCUT2D eigenvalue weighted by Gasteiger charge is -2.27. The third-order valence-corrected chi connectivity index (χ3v) is 3.12. The molecule has 0 unspecified atom stereocenters. The lowest BCUT2D eigenvalue weighted by atomic mass is 9.97. The Labute approximate surface area is 113 Å². The van der Waals surface area contributed by atoms with Crippen LogP contribution in [0.1, 0.15) is 23.3 Å². The van der Waals surface area contributed by atoms with Gasteiger partial charge in [0.2, 0.25) is 0 Å². The summed E-state index contributed by atoms with van der Waals surface area (Å²) >= 11 is 0. The topological polar surface area (TPSA) is 58.1 Å². The molecule has 5 nitrogen and oxygen atoms in total. The van der Waals surface area contributed by atoms with Gasteiger partial charge in [0.1, 0.15) is 5.69 Å². The Hall–Kier alpha value is -1.20. The molecule has 1 aliphatic heterocycles. The summed E-state index contributed by atoms with van der Waals surface area (Å²) in [6.45, 7) is 2.91. The van der Waals surface area contributed by atoms with Crippen molar-refractivity contribution >= 4 is 18.3 Å². The SMILES string of the molecule is CN(CC1CCNCC1)C(=O)c1cnccn1.Cl. The number of carbonyl (C=O) groups is 1. The smallest absolute Gasteiger partial charge is 0.273 e. The van der Waals surface area contributed by atoms with E-state index in [4.69, 9.17) is 0 Å². The van der Waals surface area contributed by atoms with Crippen LogP contribution in [0.2, 0.25) is 0 Å². The van der Waals surface area contributed by atoms with E-state index in [-0.39, 0.29) is 18.3 Å². The molecule has 0 radical (unpaired) electrons. The van der Waals surface area contributed by atoms with E-state index in [0.717, 1.165) is 32.5 Å². The first kappa shape index (κ1) is 14.9. The second-order valence-corrected chi connectivity index (χ2v) is 4.47. The van der Waals surface area contributed by atoms with Gasteiger partial charge in [-0.15, -0.1) is 12.4 Å². The van der Waals surface area contributed by atoms with E-state index >= 15 is 0 Å². The molecular weight excluding hydrogens is 252 g/mol. The molecule has 1 aromatic heterocycles. The van der Waals surface area contributed by atoms with Crippen molar-refractivity contribution in [3.63, 3.8) is 0 Å². The van der Waals surface area contributed by atoms with E-state index in [2.05, 4.69) is 15.3 Å². The number of nitrogens with zero attached hydrogens (tertiary/aromatic N) is 3. The molecule has 0 bridgehead atoms. The number of hydrogen-bond acceptors (Lipinski definition) is 4. The van der Waals surface area contributed by atoms with Gasteiger partial charge in [-0.3, -0.25) is 9.78 Å². The van der Waals surface area contributed by atoms with E-state index in [9.17, 15) is 4.79 Å². The van der Waals surface area contributed by atoms with Crippen molar-refractivity contribution in [3.8, 4) is 0 Å². The molecule has 0 atom stereocenters. The van der Waals surface area contributed by atoms with Crippen molar-refractivity contribution in [1.29, 1.82) is 0 Å². The molecule has 1 saturated heterocycles. The zero-order valence-electron chi connectivity index (χ0n) is 10.5. The third-order valence-electron chi connectivity index (χ3n) is 3.12. The van der Waals surface area contributed by atoms with E-state index < -0.39 is 0 Å². The van der Waals surface area contributed by atoms with Crippen molar-refractivity contribution in [2.24, 2.45) is 5.92 Å². The molecular formula is C12H19ClN4O. The normalized spacial score (nSPS) is 15.8. The molecule has 1 fully saturated rings. The number of piperidine rings is 1. The summed E-state index contributed by atoms with van der Waals surface area (Å²) in [5, 5.41) is 3.32. The Morgan fingerprint density at radius 3 is 2.78 bits per heavy atom. The van der Waals surface area contributed by atoms with E-state index in [1.54, 1.807) is 17.3 Å². The lowest BCUT2D eigenvalue weighted by Crippen LogP contribution is -2.37. The molecule has 100 valence electrons.